The summed E-state index contributed by atoms with van der Waals surface area (Å²) in [6, 6.07) is 0. The summed E-state index contributed by atoms with van der Waals surface area (Å²) in [4.78, 5) is 2.53. The molecule has 1 aliphatic rings. The van der Waals surface area contributed by atoms with Crippen molar-refractivity contribution in [1.82, 2.24) is 4.90 Å². The van der Waals surface area contributed by atoms with Gasteiger partial charge in [0.05, 0.1) is 26.2 Å². The van der Waals surface area contributed by atoms with Crippen LogP contribution < -0.4 is 0 Å². The highest BCUT2D eigenvalue weighted by Crippen LogP contribution is 2.19. The number of quaternary nitrogens is 1. The summed E-state index contributed by atoms with van der Waals surface area (Å²) in [6.45, 7) is 11.5. The van der Waals surface area contributed by atoms with Crippen molar-refractivity contribution in [1.29, 1.82) is 0 Å². The Morgan fingerprint density at radius 1 is 0.789 bits per heavy atom. The maximum absolute atomic E-state index is 2.53. The van der Waals surface area contributed by atoms with Crippen molar-refractivity contribution in [2.24, 2.45) is 0 Å². The largest absolute Gasteiger partial charge is 0.310 e. The fraction of sp³-hybridized carbons (Fsp3) is 1.00. The fourth-order valence-corrected chi connectivity index (χ4v) is 3.44. The first kappa shape index (κ1) is 17.0. The number of hydrogen-bond acceptors (Lipinski definition) is 1. The molecule has 1 aliphatic heterocycles. The Bertz CT molecular complexity index is 217. The minimum absolute atomic E-state index is 1.31. The molecule has 2 nitrogen and oxygen atoms in total. The molecule has 1 fully saturated rings. The highest BCUT2D eigenvalue weighted by Gasteiger charge is 2.33. The van der Waals surface area contributed by atoms with Crippen LogP contribution in [0, 0.1) is 0 Å². The van der Waals surface area contributed by atoms with Crippen molar-refractivity contribution >= 4 is 0 Å². The number of hydrogen-bond donors (Lipinski definition) is 0. The second-order valence-corrected chi connectivity index (χ2v) is 6.71. The topological polar surface area (TPSA) is 3.24 Å². The summed E-state index contributed by atoms with van der Waals surface area (Å²) >= 11 is 0. The van der Waals surface area contributed by atoms with Crippen LogP contribution in [0.5, 0.6) is 0 Å². The van der Waals surface area contributed by atoms with Gasteiger partial charge in [0.1, 0.15) is 6.67 Å². The summed E-state index contributed by atoms with van der Waals surface area (Å²) < 4.78 is 1.40. The van der Waals surface area contributed by atoms with Gasteiger partial charge in [-0.15, -0.1) is 0 Å². The lowest BCUT2D eigenvalue weighted by Gasteiger charge is -2.34. The molecule has 0 aliphatic carbocycles. The van der Waals surface area contributed by atoms with Crippen LogP contribution in [0.1, 0.15) is 71.6 Å². The van der Waals surface area contributed by atoms with E-state index in [-0.39, 0.29) is 0 Å². The third-order valence-corrected chi connectivity index (χ3v) is 4.72. The van der Waals surface area contributed by atoms with Crippen LogP contribution in [0.2, 0.25) is 0 Å². The van der Waals surface area contributed by atoms with Gasteiger partial charge in [-0.25, -0.2) is 0 Å². The average molecular weight is 269 g/mol. The molecule has 0 aromatic rings. The van der Waals surface area contributed by atoms with E-state index in [9.17, 15) is 0 Å². The smallest absolute Gasteiger partial charge is 0.135 e. The summed E-state index contributed by atoms with van der Waals surface area (Å²) in [5, 5.41) is 0. The minimum atomic E-state index is 1.31. The third kappa shape index (κ3) is 6.76. The number of rotatable bonds is 11. The van der Waals surface area contributed by atoms with Crippen LogP contribution in [0.4, 0.5) is 0 Å². The monoisotopic (exact) mass is 269 g/mol. The molecule has 1 unspecified atom stereocenters. The molecule has 0 aromatic heterocycles. The van der Waals surface area contributed by atoms with Crippen molar-refractivity contribution < 1.29 is 4.48 Å². The zero-order valence-corrected chi connectivity index (χ0v) is 13.8. The quantitative estimate of drug-likeness (QED) is 0.400. The summed E-state index contributed by atoms with van der Waals surface area (Å²) in [6.07, 6.45) is 12.8. The second kappa shape index (κ2) is 9.77. The molecule has 0 spiro atoms. The maximum Gasteiger partial charge on any atom is 0.135 e. The van der Waals surface area contributed by atoms with Gasteiger partial charge in [0.25, 0.3) is 0 Å². The molecule has 19 heavy (non-hydrogen) atoms. The van der Waals surface area contributed by atoms with Gasteiger partial charge in [-0.1, -0.05) is 46.0 Å². The van der Waals surface area contributed by atoms with E-state index in [2.05, 4.69) is 25.8 Å². The summed E-state index contributed by atoms with van der Waals surface area (Å²) in [7, 11) is 2.29. The van der Waals surface area contributed by atoms with Crippen molar-refractivity contribution in [3.8, 4) is 0 Å². The Hall–Kier alpha value is -0.0800. The number of unbranched alkanes of at least 4 members (excludes halogenated alkanes) is 7. The van der Waals surface area contributed by atoms with Gasteiger partial charge in [-0.2, -0.15) is 0 Å². The van der Waals surface area contributed by atoms with Gasteiger partial charge < -0.3 is 4.48 Å². The van der Waals surface area contributed by atoms with Gasteiger partial charge in [-0.3, -0.25) is 4.90 Å². The first-order valence-electron chi connectivity index (χ1n) is 8.76. The van der Waals surface area contributed by atoms with E-state index in [4.69, 9.17) is 0 Å². The van der Waals surface area contributed by atoms with E-state index in [0.29, 0.717) is 0 Å². The van der Waals surface area contributed by atoms with Crippen LogP contribution in [-0.2, 0) is 0 Å². The molecule has 0 amide bonds. The standard InChI is InChI=1S/C17H37N2/c1-4-6-8-10-12-15-19(14-11-9-7-5-2)16-13-18(3)17-19/h4-17H2,1-3H3/q+1. The summed E-state index contributed by atoms with van der Waals surface area (Å²) in [5.41, 5.74) is 0. The Morgan fingerprint density at radius 2 is 1.32 bits per heavy atom. The Kier molecular flexibility index (Phi) is 8.72. The van der Waals surface area contributed by atoms with Gasteiger partial charge in [0, 0.05) is 0 Å². The number of likely N-dealkylation sites (N-methyl/N-ethyl adjacent to an activating group) is 1. The highest BCUT2D eigenvalue weighted by atomic mass is 15.5. The molecule has 1 heterocycles. The normalized spacial score (nSPS) is 24.2. The van der Waals surface area contributed by atoms with Crippen LogP contribution in [0.3, 0.4) is 0 Å². The lowest BCUT2D eigenvalue weighted by atomic mass is 10.1. The molecule has 0 N–H and O–H groups in total. The van der Waals surface area contributed by atoms with Gasteiger partial charge in [0.15, 0.2) is 0 Å². The predicted octanol–water partition coefficient (Wildman–Crippen LogP) is 4.26. The molecular formula is C17H37N2+. The van der Waals surface area contributed by atoms with E-state index in [0.717, 1.165) is 0 Å². The molecule has 0 bridgehead atoms. The Balaban J connectivity index is 2.25. The van der Waals surface area contributed by atoms with Crippen molar-refractivity contribution in [2.45, 2.75) is 71.6 Å². The Labute approximate surface area is 121 Å². The van der Waals surface area contributed by atoms with Crippen molar-refractivity contribution in [3.05, 3.63) is 0 Å². The fourth-order valence-electron chi connectivity index (χ4n) is 3.44. The van der Waals surface area contributed by atoms with Crippen molar-refractivity contribution in [2.75, 3.05) is 39.9 Å². The highest BCUT2D eigenvalue weighted by molar-refractivity contribution is 4.59. The molecule has 1 saturated heterocycles. The zero-order valence-electron chi connectivity index (χ0n) is 13.8. The van der Waals surface area contributed by atoms with Crippen molar-refractivity contribution in [3.63, 3.8) is 0 Å². The van der Waals surface area contributed by atoms with E-state index < -0.39 is 0 Å². The first-order chi connectivity index (χ1) is 9.22. The first-order valence-corrected chi connectivity index (χ1v) is 8.76. The van der Waals surface area contributed by atoms with Gasteiger partial charge in [0.2, 0.25) is 0 Å². The van der Waals surface area contributed by atoms with E-state index in [1.54, 1.807) is 0 Å². The lowest BCUT2D eigenvalue weighted by Crippen LogP contribution is -2.48. The van der Waals surface area contributed by atoms with Gasteiger partial charge >= 0.3 is 0 Å². The Morgan fingerprint density at radius 3 is 1.79 bits per heavy atom. The van der Waals surface area contributed by atoms with Crippen LogP contribution in [0.25, 0.3) is 0 Å². The lowest BCUT2D eigenvalue weighted by molar-refractivity contribution is -0.921. The molecule has 0 saturated carbocycles. The SMILES string of the molecule is CCCCCCC[N+]1(CCCCCC)CCN(C)C1. The maximum atomic E-state index is 2.53. The van der Waals surface area contributed by atoms with E-state index in [1.165, 1.54) is 95.1 Å². The van der Waals surface area contributed by atoms with Crippen LogP contribution in [0.15, 0.2) is 0 Å². The molecule has 0 aromatic carbocycles. The molecule has 114 valence electrons. The molecule has 0 radical (unpaired) electrons. The number of nitrogens with zero attached hydrogens (tertiary/aromatic N) is 2. The predicted molar refractivity (Wildman–Crippen MR) is 85.3 cm³/mol. The minimum Gasteiger partial charge on any atom is -0.310 e. The molecule has 2 heteroatoms. The molecular weight excluding hydrogens is 232 g/mol. The second-order valence-electron chi connectivity index (χ2n) is 6.71. The summed E-state index contributed by atoms with van der Waals surface area (Å²) in [5.74, 6) is 0. The zero-order chi connectivity index (χ0) is 14.0. The molecule has 1 atom stereocenters. The van der Waals surface area contributed by atoms with E-state index in [1.807, 2.05) is 0 Å². The van der Waals surface area contributed by atoms with Gasteiger partial charge in [-0.05, 0) is 32.7 Å². The average Bonchev–Trinajstić information content (AvgIpc) is 2.77. The molecule has 1 rings (SSSR count). The third-order valence-electron chi connectivity index (χ3n) is 4.72. The van der Waals surface area contributed by atoms with Crippen LogP contribution >= 0.6 is 0 Å². The van der Waals surface area contributed by atoms with E-state index >= 15 is 0 Å². The van der Waals surface area contributed by atoms with Crippen LogP contribution in [-0.4, -0.2) is 49.3 Å².